The molecule has 1 aromatic heterocycles. The molecule has 0 amide bonds. The third-order valence-corrected chi connectivity index (χ3v) is 5.92. The van der Waals surface area contributed by atoms with E-state index in [-0.39, 0.29) is 17.5 Å². The van der Waals surface area contributed by atoms with E-state index in [1.807, 2.05) is 31.2 Å². The number of ether oxygens (including phenoxy) is 1. The van der Waals surface area contributed by atoms with Gasteiger partial charge in [0.15, 0.2) is 11.6 Å². The van der Waals surface area contributed by atoms with Gasteiger partial charge < -0.3 is 9.64 Å². The second-order valence-corrected chi connectivity index (χ2v) is 8.35. The number of aromatic nitrogens is 2. The van der Waals surface area contributed by atoms with Crippen LogP contribution in [0.2, 0.25) is 0 Å². The van der Waals surface area contributed by atoms with Crippen LogP contribution in [-0.4, -0.2) is 47.4 Å². The maximum absolute atomic E-state index is 14.1. The first-order chi connectivity index (χ1) is 16.0. The van der Waals surface area contributed by atoms with Gasteiger partial charge in [-0.1, -0.05) is 35.5 Å². The highest BCUT2D eigenvalue weighted by atomic mass is 32.2. The number of morpholine rings is 1. The van der Waals surface area contributed by atoms with Crippen LogP contribution >= 0.6 is 11.8 Å². The van der Waals surface area contributed by atoms with Crippen molar-refractivity contribution in [3.8, 4) is 0 Å². The number of hydrogen-bond acceptors (Lipinski definition) is 9. The molecule has 4 rings (SSSR count). The summed E-state index contributed by atoms with van der Waals surface area (Å²) in [5.74, 6) is -0.224. The highest BCUT2D eigenvalue weighted by Crippen LogP contribution is 2.35. The number of nitro benzene ring substituents is 1. The largest absolute Gasteiger partial charge is 0.378 e. The predicted molar refractivity (Wildman–Crippen MR) is 125 cm³/mol. The molecule has 1 aliphatic rings. The number of nitro groups is 1. The average molecular weight is 469 g/mol. The molecule has 170 valence electrons. The molecule has 2 aromatic carbocycles. The quantitative estimate of drug-likeness (QED) is 0.311. The van der Waals surface area contributed by atoms with E-state index >= 15 is 0 Å². The number of halogens is 1. The summed E-state index contributed by atoms with van der Waals surface area (Å²) < 4.78 is 19.4. The Hall–Kier alpha value is -3.57. The minimum Gasteiger partial charge on any atom is -0.378 e. The number of nitrogens with zero attached hydrogens (tertiary/aromatic N) is 5. The van der Waals surface area contributed by atoms with Gasteiger partial charge >= 0.3 is 0 Å². The number of aryl methyl sites for hydroxylation is 1. The molecule has 3 aromatic rings. The van der Waals surface area contributed by atoms with Crippen LogP contribution in [0.5, 0.6) is 0 Å². The van der Waals surface area contributed by atoms with Crippen LogP contribution in [0.1, 0.15) is 11.1 Å². The number of rotatable bonds is 7. The van der Waals surface area contributed by atoms with E-state index < -0.39 is 10.7 Å². The van der Waals surface area contributed by atoms with Crippen molar-refractivity contribution in [2.75, 3.05) is 36.6 Å². The van der Waals surface area contributed by atoms with E-state index in [1.165, 1.54) is 24.0 Å². The van der Waals surface area contributed by atoms with Gasteiger partial charge in [0, 0.05) is 29.6 Å². The molecule has 1 N–H and O–H groups in total. The Morgan fingerprint density at radius 3 is 2.73 bits per heavy atom. The molecular weight excluding hydrogens is 447 g/mol. The van der Waals surface area contributed by atoms with Crippen molar-refractivity contribution in [3.05, 3.63) is 75.7 Å². The second-order valence-electron chi connectivity index (χ2n) is 7.23. The number of anilines is 2. The Morgan fingerprint density at radius 2 is 2.00 bits per heavy atom. The summed E-state index contributed by atoms with van der Waals surface area (Å²) in [7, 11) is 0. The Kier molecular flexibility index (Phi) is 7.10. The van der Waals surface area contributed by atoms with Gasteiger partial charge in [0.2, 0.25) is 5.95 Å². The predicted octanol–water partition coefficient (Wildman–Crippen LogP) is 4.27. The van der Waals surface area contributed by atoms with Gasteiger partial charge in [0.25, 0.3) is 5.69 Å². The molecule has 0 aliphatic carbocycles. The molecule has 2 heterocycles. The van der Waals surface area contributed by atoms with Crippen LogP contribution in [-0.2, 0) is 4.74 Å². The van der Waals surface area contributed by atoms with Crippen LogP contribution in [0.25, 0.3) is 0 Å². The van der Waals surface area contributed by atoms with Crippen molar-refractivity contribution < 1.29 is 14.1 Å². The minimum atomic E-state index is -0.524. The van der Waals surface area contributed by atoms with E-state index in [4.69, 9.17) is 4.74 Å². The van der Waals surface area contributed by atoms with Crippen molar-refractivity contribution in [3.63, 3.8) is 0 Å². The van der Waals surface area contributed by atoms with Crippen LogP contribution in [0.4, 0.5) is 21.8 Å². The van der Waals surface area contributed by atoms with E-state index in [2.05, 4.69) is 20.5 Å². The van der Waals surface area contributed by atoms with Gasteiger partial charge in [-0.15, -0.1) is 0 Å². The van der Waals surface area contributed by atoms with Crippen LogP contribution < -0.4 is 10.3 Å². The fraction of sp³-hybridized carbons (Fsp3) is 0.227. The molecule has 0 atom stereocenters. The molecule has 11 heteroatoms. The van der Waals surface area contributed by atoms with Crippen molar-refractivity contribution in [2.24, 2.45) is 5.10 Å². The lowest BCUT2D eigenvalue weighted by atomic mass is 10.2. The molecular formula is C22H21FN6O3S. The van der Waals surface area contributed by atoms with Gasteiger partial charge in [0.05, 0.1) is 35.4 Å². The van der Waals surface area contributed by atoms with Crippen LogP contribution in [0.15, 0.2) is 63.6 Å². The molecule has 0 bridgehead atoms. The summed E-state index contributed by atoms with van der Waals surface area (Å²) in [4.78, 5) is 22.5. The van der Waals surface area contributed by atoms with E-state index in [9.17, 15) is 14.5 Å². The maximum atomic E-state index is 14.1. The zero-order valence-corrected chi connectivity index (χ0v) is 18.6. The molecule has 0 saturated carbocycles. The highest BCUT2D eigenvalue weighted by Gasteiger charge is 2.18. The fourth-order valence-corrected chi connectivity index (χ4v) is 4.05. The first-order valence-electron chi connectivity index (χ1n) is 10.2. The van der Waals surface area contributed by atoms with Crippen molar-refractivity contribution in [1.29, 1.82) is 0 Å². The summed E-state index contributed by atoms with van der Waals surface area (Å²) in [5, 5.41) is 15.7. The SMILES string of the molecule is Cc1ccc(Sc2ccc(/C=N\Nc3ncc(F)c(N4CCOCC4)n3)cc2[N+](=O)[O-])cc1. The standard InChI is InChI=1S/C22H21FN6O3S/c1-15-2-5-17(6-3-15)33-20-7-4-16(12-19(20)29(30)31)13-25-27-22-24-14-18(23)21(26-22)28-8-10-32-11-9-28/h2-7,12-14H,8-11H2,1H3,(H,24,26,27)/b25-13-. The lowest BCUT2D eigenvalue weighted by molar-refractivity contribution is -0.387. The normalized spacial score (nSPS) is 13.9. The minimum absolute atomic E-state index is 0.0165. The monoisotopic (exact) mass is 468 g/mol. The summed E-state index contributed by atoms with van der Waals surface area (Å²) in [6.07, 6.45) is 2.51. The summed E-state index contributed by atoms with van der Waals surface area (Å²) in [6.45, 7) is 4.06. The van der Waals surface area contributed by atoms with Gasteiger partial charge in [-0.2, -0.15) is 10.1 Å². The lowest BCUT2D eigenvalue weighted by Crippen LogP contribution is -2.37. The smallest absolute Gasteiger partial charge is 0.283 e. The lowest BCUT2D eigenvalue weighted by Gasteiger charge is -2.27. The first kappa shape index (κ1) is 22.6. The van der Waals surface area contributed by atoms with Crippen molar-refractivity contribution >= 4 is 35.4 Å². The third kappa shape index (κ3) is 5.82. The van der Waals surface area contributed by atoms with Crippen LogP contribution in [0.3, 0.4) is 0 Å². The highest BCUT2D eigenvalue weighted by molar-refractivity contribution is 7.99. The Bertz CT molecular complexity index is 1170. The fourth-order valence-electron chi connectivity index (χ4n) is 3.15. The zero-order chi connectivity index (χ0) is 23.2. The molecule has 1 saturated heterocycles. The summed E-state index contributed by atoms with van der Waals surface area (Å²) >= 11 is 1.33. The van der Waals surface area contributed by atoms with Gasteiger partial charge in [0.1, 0.15) is 0 Å². The van der Waals surface area contributed by atoms with E-state index in [0.717, 1.165) is 16.7 Å². The van der Waals surface area contributed by atoms with Crippen LogP contribution in [0, 0.1) is 22.9 Å². The zero-order valence-electron chi connectivity index (χ0n) is 17.8. The summed E-state index contributed by atoms with van der Waals surface area (Å²) in [5.41, 5.74) is 4.29. The average Bonchev–Trinajstić information content (AvgIpc) is 2.83. The molecule has 0 radical (unpaired) electrons. The first-order valence-corrected chi connectivity index (χ1v) is 11.0. The Morgan fingerprint density at radius 1 is 1.24 bits per heavy atom. The Labute approximate surface area is 193 Å². The molecule has 0 spiro atoms. The topological polar surface area (TPSA) is 106 Å². The van der Waals surface area contributed by atoms with Crippen molar-refractivity contribution in [2.45, 2.75) is 16.7 Å². The number of benzene rings is 2. The van der Waals surface area contributed by atoms with E-state index in [0.29, 0.717) is 36.8 Å². The maximum Gasteiger partial charge on any atom is 0.283 e. The molecule has 9 nitrogen and oxygen atoms in total. The molecule has 0 unspecified atom stereocenters. The summed E-state index contributed by atoms with van der Waals surface area (Å²) in [6, 6.07) is 12.7. The number of nitrogens with one attached hydrogen (secondary N) is 1. The molecule has 1 aliphatic heterocycles. The van der Waals surface area contributed by atoms with Gasteiger partial charge in [-0.05, 0) is 25.1 Å². The van der Waals surface area contributed by atoms with Crippen molar-refractivity contribution in [1.82, 2.24) is 9.97 Å². The Balaban J connectivity index is 1.47. The number of hydrazone groups is 1. The molecule has 33 heavy (non-hydrogen) atoms. The van der Waals surface area contributed by atoms with Gasteiger partial charge in [-0.25, -0.2) is 14.8 Å². The van der Waals surface area contributed by atoms with Gasteiger partial charge in [-0.3, -0.25) is 10.1 Å². The second kappa shape index (κ2) is 10.4. The number of hydrogen-bond donors (Lipinski definition) is 1. The third-order valence-electron chi connectivity index (χ3n) is 4.84. The van der Waals surface area contributed by atoms with E-state index in [1.54, 1.807) is 17.0 Å². The molecule has 1 fully saturated rings.